The van der Waals surface area contributed by atoms with Crippen LogP contribution in [0.3, 0.4) is 0 Å². The van der Waals surface area contributed by atoms with Crippen LogP contribution in [0.15, 0.2) is 29.7 Å². The fourth-order valence-electron chi connectivity index (χ4n) is 0.951. The number of hydrogen-bond donors (Lipinski definition) is 1. The van der Waals surface area contributed by atoms with Crippen LogP contribution >= 0.6 is 0 Å². The summed E-state index contributed by atoms with van der Waals surface area (Å²) in [6.45, 7) is 1.72. The summed E-state index contributed by atoms with van der Waals surface area (Å²) in [7, 11) is -3.58. The van der Waals surface area contributed by atoms with Crippen molar-refractivity contribution < 1.29 is 17.7 Å². The summed E-state index contributed by atoms with van der Waals surface area (Å²) in [4.78, 5) is 0. The maximum atomic E-state index is 11.1. The summed E-state index contributed by atoms with van der Waals surface area (Å²) in [5.74, 6) is 0.139. The zero-order valence-corrected chi connectivity index (χ0v) is 9.07. The monoisotopic (exact) mass is 228 g/mol. The Kier molecular flexibility index (Phi) is 3.88. The number of hydrogen-bond acceptors (Lipinski definition) is 4. The summed E-state index contributed by atoms with van der Waals surface area (Å²) in [6.07, 6.45) is 1.41. The standard InChI is InChI=1S/C10H12O4S/c1-2-14-15(12,13)8-7-9-3-5-10(11)6-4-9/h3-8,11H,2H2,1H3. The Morgan fingerprint density at radius 1 is 1.33 bits per heavy atom. The third-order valence-corrected chi connectivity index (χ3v) is 2.64. The van der Waals surface area contributed by atoms with Gasteiger partial charge in [0, 0.05) is 0 Å². The first-order valence-corrected chi connectivity index (χ1v) is 5.87. The minimum absolute atomic E-state index is 0.113. The molecule has 0 aliphatic rings. The maximum absolute atomic E-state index is 11.1. The molecular formula is C10H12O4S. The van der Waals surface area contributed by atoms with Crippen LogP contribution in [-0.2, 0) is 14.3 Å². The average molecular weight is 228 g/mol. The Morgan fingerprint density at radius 3 is 2.47 bits per heavy atom. The predicted octanol–water partition coefficient (Wildman–Crippen LogP) is 1.73. The Hall–Kier alpha value is -1.33. The second kappa shape index (κ2) is 4.95. The van der Waals surface area contributed by atoms with E-state index in [0.717, 1.165) is 5.41 Å². The zero-order valence-electron chi connectivity index (χ0n) is 8.25. The van der Waals surface area contributed by atoms with Gasteiger partial charge in [0.05, 0.1) is 12.0 Å². The molecule has 0 bridgehead atoms. The van der Waals surface area contributed by atoms with Gasteiger partial charge in [-0.2, -0.15) is 8.42 Å². The van der Waals surface area contributed by atoms with Crippen molar-refractivity contribution in [2.24, 2.45) is 0 Å². The van der Waals surface area contributed by atoms with Crippen LogP contribution in [0, 0.1) is 0 Å². The van der Waals surface area contributed by atoms with Crippen molar-refractivity contribution in [2.45, 2.75) is 6.92 Å². The van der Waals surface area contributed by atoms with Gasteiger partial charge in [0.25, 0.3) is 10.1 Å². The molecule has 1 aromatic rings. The molecule has 0 atom stereocenters. The fraction of sp³-hybridized carbons (Fsp3) is 0.200. The first-order chi connectivity index (χ1) is 7.03. The van der Waals surface area contributed by atoms with Crippen LogP contribution in [0.4, 0.5) is 0 Å². The summed E-state index contributed by atoms with van der Waals surface area (Å²) in [5.41, 5.74) is 0.677. The lowest BCUT2D eigenvalue weighted by Gasteiger charge is -1.96. The molecule has 0 aromatic heterocycles. The Balaban J connectivity index is 2.78. The second-order valence-corrected chi connectivity index (χ2v) is 4.29. The first kappa shape index (κ1) is 11.7. The number of aromatic hydroxyl groups is 1. The Bertz CT molecular complexity index is 431. The minimum atomic E-state index is -3.58. The van der Waals surface area contributed by atoms with E-state index in [1.54, 1.807) is 19.1 Å². The molecule has 82 valence electrons. The van der Waals surface area contributed by atoms with Crippen LogP contribution in [-0.4, -0.2) is 20.1 Å². The summed E-state index contributed by atoms with van der Waals surface area (Å²) in [6, 6.07) is 6.17. The molecule has 4 nitrogen and oxygen atoms in total. The Labute approximate surface area is 88.9 Å². The lowest BCUT2D eigenvalue weighted by atomic mass is 10.2. The molecule has 0 amide bonds. The average Bonchev–Trinajstić information content (AvgIpc) is 2.17. The van der Waals surface area contributed by atoms with Gasteiger partial charge in [-0.25, -0.2) is 0 Å². The SMILES string of the molecule is CCOS(=O)(=O)C=Cc1ccc(O)cc1. The normalized spacial score (nSPS) is 12.1. The molecule has 0 radical (unpaired) electrons. The van der Waals surface area contributed by atoms with Gasteiger partial charge in [0.15, 0.2) is 0 Å². The number of rotatable bonds is 4. The van der Waals surface area contributed by atoms with Gasteiger partial charge in [0.2, 0.25) is 0 Å². The molecule has 0 saturated carbocycles. The van der Waals surface area contributed by atoms with Crippen molar-refractivity contribution in [3.8, 4) is 5.75 Å². The summed E-state index contributed by atoms with van der Waals surface area (Å²) < 4.78 is 26.7. The highest BCUT2D eigenvalue weighted by Crippen LogP contribution is 2.11. The smallest absolute Gasteiger partial charge is 0.290 e. The van der Waals surface area contributed by atoms with Crippen LogP contribution in [0.2, 0.25) is 0 Å². The van der Waals surface area contributed by atoms with E-state index in [2.05, 4.69) is 4.18 Å². The highest BCUT2D eigenvalue weighted by molar-refractivity contribution is 7.89. The third-order valence-electron chi connectivity index (χ3n) is 1.60. The van der Waals surface area contributed by atoms with Gasteiger partial charge in [0.1, 0.15) is 5.75 Å². The van der Waals surface area contributed by atoms with E-state index >= 15 is 0 Å². The molecule has 1 N–H and O–H groups in total. The molecular weight excluding hydrogens is 216 g/mol. The van der Waals surface area contributed by atoms with E-state index in [9.17, 15) is 8.42 Å². The first-order valence-electron chi connectivity index (χ1n) is 4.40. The molecule has 0 spiro atoms. The van der Waals surface area contributed by atoms with Crippen LogP contribution in [0.5, 0.6) is 5.75 Å². The van der Waals surface area contributed by atoms with E-state index in [-0.39, 0.29) is 12.4 Å². The van der Waals surface area contributed by atoms with Crippen molar-refractivity contribution in [1.29, 1.82) is 0 Å². The summed E-state index contributed by atoms with van der Waals surface area (Å²) >= 11 is 0. The number of benzene rings is 1. The van der Waals surface area contributed by atoms with Crippen molar-refractivity contribution >= 4 is 16.2 Å². The second-order valence-electron chi connectivity index (χ2n) is 2.79. The molecule has 0 aliphatic carbocycles. The Morgan fingerprint density at radius 2 is 1.93 bits per heavy atom. The fourth-order valence-corrected chi connectivity index (χ4v) is 1.68. The highest BCUT2D eigenvalue weighted by atomic mass is 32.2. The number of phenols is 1. The maximum Gasteiger partial charge on any atom is 0.290 e. The van der Waals surface area contributed by atoms with Gasteiger partial charge >= 0.3 is 0 Å². The van der Waals surface area contributed by atoms with E-state index in [4.69, 9.17) is 5.11 Å². The van der Waals surface area contributed by atoms with Crippen molar-refractivity contribution in [2.75, 3.05) is 6.61 Å². The molecule has 0 saturated heterocycles. The molecule has 0 fully saturated rings. The molecule has 0 heterocycles. The van der Waals surface area contributed by atoms with E-state index in [0.29, 0.717) is 5.56 Å². The van der Waals surface area contributed by atoms with Crippen molar-refractivity contribution in [1.82, 2.24) is 0 Å². The molecule has 15 heavy (non-hydrogen) atoms. The lowest BCUT2D eigenvalue weighted by molar-refractivity contribution is 0.345. The van der Waals surface area contributed by atoms with Gasteiger partial charge < -0.3 is 5.11 Å². The number of phenolic OH excluding ortho intramolecular Hbond substituents is 1. The molecule has 0 unspecified atom stereocenters. The van der Waals surface area contributed by atoms with Crippen molar-refractivity contribution in [3.63, 3.8) is 0 Å². The van der Waals surface area contributed by atoms with E-state index in [1.807, 2.05) is 0 Å². The quantitative estimate of drug-likeness (QED) is 0.797. The molecule has 1 rings (SSSR count). The predicted molar refractivity (Wildman–Crippen MR) is 57.7 cm³/mol. The topological polar surface area (TPSA) is 63.6 Å². The van der Waals surface area contributed by atoms with Crippen LogP contribution in [0.1, 0.15) is 12.5 Å². The van der Waals surface area contributed by atoms with Gasteiger partial charge in [-0.05, 0) is 30.7 Å². The molecule has 5 heteroatoms. The van der Waals surface area contributed by atoms with Gasteiger partial charge in [-0.15, -0.1) is 0 Å². The van der Waals surface area contributed by atoms with E-state index in [1.165, 1.54) is 18.2 Å². The minimum Gasteiger partial charge on any atom is -0.508 e. The lowest BCUT2D eigenvalue weighted by Crippen LogP contribution is -2.00. The molecule has 1 aromatic carbocycles. The molecule has 0 aliphatic heterocycles. The van der Waals surface area contributed by atoms with E-state index < -0.39 is 10.1 Å². The largest absolute Gasteiger partial charge is 0.508 e. The van der Waals surface area contributed by atoms with Crippen LogP contribution < -0.4 is 0 Å². The van der Waals surface area contributed by atoms with Gasteiger partial charge in [-0.1, -0.05) is 12.1 Å². The third kappa shape index (κ3) is 4.14. The summed E-state index contributed by atoms with van der Waals surface area (Å²) in [5, 5.41) is 9.99. The van der Waals surface area contributed by atoms with Gasteiger partial charge in [-0.3, -0.25) is 4.18 Å². The van der Waals surface area contributed by atoms with Crippen LogP contribution in [0.25, 0.3) is 6.08 Å². The van der Waals surface area contributed by atoms with Crippen molar-refractivity contribution in [3.05, 3.63) is 35.2 Å². The highest BCUT2D eigenvalue weighted by Gasteiger charge is 2.02. The zero-order chi connectivity index (χ0) is 11.3.